The fraction of sp³-hybridized carbons (Fsp3) is 0.500. The van der Waals surface area contributed by atoms with Crippen LogP contribution in [0, 0.1) is 0 Å². The van der Waals surface area contributed by atoms with Crippen LogP contribution in [0.5, 0.6) is 0 Å². The third-order valence-corrected chi connectivity index (χ3v) is 4.77. The number of aliphatic hydroxyl groups is 1. The predicted octanol–water partition coefficient (Wildman–Crippen LogP) is 1.96. The van der Waals surface area contributed by atoms with Gasteiger partial charge < -0.3 is 19.9 Å². The van der Waals surface area contributed by atoms with Crippen LogP contribution in [0.25, 0.3) is 0 Å². The number of nitrogens with zero attached hydrogens (tertiary/aromatic N) is 4. The molecule has 2 N–H and O–H groups in total. The summed E-state index contributed by atoms with van der Waals surface area (Å²) in [5.74, 6) is 0.710. The maximum Gasteiger partial charge on any atom is 0.318 e. The summed E-state index contributed by atoms with van der Waals surface area (Å²) in [7, 11) is 1.86. The van der Waals surface area contributed by atoms with Gasteiger partial charge in [-0.3, -0.25) is 0 Å². The van der Waals surface area contributed by atoms with Crippen molar-refractivity contribution in [3.63, 3.8) is 0 Å². The molecule has 0 radical (unpaired) electrons. The van der Waals surface area contributed by atoms with Gasteiger partial charge in [0.1, 0.15) is 6.33 Å². The Morgan fingerprint density at radius 3 is 3.00 bits per heavy atom. The molecule has 0 saturated heterocycles. The van der Waals surface area contributed by atoms with Crippen LogP contribution in [-0.4, -0.2) is 44.0 Å². The van der Waals surface area contributed by atoms with Gasteiger partial charge >= 0.3 is 6.03 Å². The first kappa shape index (κ1) is 17.4. The maximum atomic E-state index is 12.9. The molecule has 0 saturated carbocycles. The molecule has 134 valence electrons. The molecule has 1 aliphatic carbocycles. The maximum absolute atomic E-state index is 12.9. The topological polar surface area (TPSA) is 83.3 Å². The first-order valence-electron chi connectivity index (χ1n) is 8.71. The largest absolute Gasteiger partial charge is 0.396 e. The third-order valence-electron chi connectivity index (χ3n) is 4.77. The Morgan fingerprint density at radius 2 is 2.28 bits per heavy atom. The Kier molecular flexibility index (Phi) is 5.33. The van der Waals surface area contributed by atoms with E-state index in [-0.39, 0.29) is 24.7 Å². The number of rotatable bonds is 6. The van der Waals surface area contributed by atoms with Crippen LogP contribution in [-0.2, 0) is 13.5 Å². The van der Waals surface area contributed by atoms with Crippen LogP contribution in [0.15, 0.2) is 30.6 Å². The number of hydrogen-bond acceptors (Lipinski definition) is 4. The van der Waals surface area contributed by atoms with Crippen molar-refractivity contribution in [1.29, 1.82) is 0 Å². The summed E-state index contributed by atoms with van der Waals surface area (Å²) in [6, 6.07) is 7.95. The highest BCUT2D eigenvalue weighted by Gasteiger charge is 2.31. The van der Waals surface area contributed by atoms with Gasteiger partial charge in [0, 0.05) is 20.2 Å². The van der Waals surface area contributed by atoms with E-state index in [1.54, 1.807) is 10.9 Å². The van der Waals surface area contributed by atoms with E-state index >= 15 is 0 Å². The predicted molar refractivity (Wildman–Crippen MR) is 93.9 cm³/mol. The number of aliphatic hydroxyl groups excluding tert-OH is 1. The molecule has 0 spiro atoms. The molecular weight excluding hydrogens is 318 g/mol. The number of aromatic nitrogens is 3. The van der Waals surface area contributed by atoms with E-state index in [4.69, 9.17) is 0 Å². The summed E-state index contributed by atoms with van der Waals surface area (Å²) in [6.45, 7) is 2.48. The summed E-state index contributed by atoms with van der Waals surface area (Å²) >= 11 is 0. The van der Waals surface area contributed by atoms with Crippen molar-refractivity contribution in [2.24, 2.45) is 7.05 Å². The summed E-state index contributed by atoms with van der Waals surface area (Å²) < 4.78 is 1.80. The Morgan fingerprint density at radius 1 is 1.48 bits per heavy atom. The number of nitrogens with one attached hydrogen (secondary N) is 1. The lowest BCUT2D eigenvalue weighted by Crippen LogP contribution is -2.43. The van der Waals surface area contributed by atoms with Crippen LogP contribution >= 0.6 is 0 Å². The molecule has 3 rings (SSSR count). The first-order chi connectivity index (χ1) is 12.1. The Labute approximate surface area is 147 Å². The normalized spacial score (nSPS) is 17.2. The quantitative estimate of drug-likeness (QED) is 0.840. The molecule has 2 aromatic rings. The smallest absolute Gasteiger partial charge is 0.318 e. The van der Waals surface area contributed by atoms with E-state index in [1.807, 2.05) is 31.0 Å². The number of hydrogen-bond donors (Lipinski definition) is 2. The second-order valence-electron chi connectivity index (χ2n) is 6.50. The highest BCUT2D eigenvalue weighted by Crippen LogP contribution is 2.35. The van der Waals surface area contributed by atoms with Gasteiger partial charge in [-0.05, 0) is 37.3 Å². The van der Waals surface area contributed by atoms with Crippen molar-refractivity contribution < 1.29 is 9.90 Å². The van der Waals surface area contributed by atoms with Gasteiger partial charge in [0.25, 0.3) is 0 Å². The molecule has 1 heterocycles. The number of carbonyl (C=O) groups excluding carboxylic acids is 1. The average Bonchev–Trinajstić information content (AvgIpc) is 3.22. The molecule has 2 amide bonds. The molecule has 0 fully saturated rings. The average molecular weight is 343 g/mol. The fourth-order valence-corrected chi connectivity index (χ4v) is 3.52. The van der Waals surface area contributed by atoms with Crippen LogP contribution in [0.2, 0.25) is 0 Å². The Bertz CT molecular complexity index is 730. The van der Waals surface area contributed by atoms with Gasteiger partial charge in [-0.25, -0.2) is 4.79 Å². The van der Waals surface area contributed by atoms with Crippen LogP contribution in [0.3, 0.4) is 0 Å². The van der Waals surface area contributed by atoms with Crippen LogP contribution < -0.4 is 5.32 Å². The molecule has 1 aromatic heterocycles. The highest BCUT2D eigenvalue weighted by molar-refractivity contribution is 5.75. The zero-order chi connectivity index (χ0) is 17.8. The number of fused-ring (bicyclic) bond motifs is 1. The second kappa shape index (κ2) is 7.65. The molecule has 7 nitrogen and oxygen atoms in total. The van der Waals surface area contributed by atoms with E-state index in [0.717, 1.165) is 12.8 Å². The first-order valence-corrected chi connectivity index (χ1v) is 8.71. The van der Waals surface area contributed by atoms with Gasteiger partial charge in [0.05, 0.1) is 12.1 Å². The van der Waals surface area contributed by atoms with Gasteiger partial charge in [-0.2, -0.15) is 0 Å². The van der Waals surface area contributed by atoms with Crippen molar-refractivity contribution in [2.75, 3.05) is 13.2 Å². The molecule has 1 aliphatic rings. The lowest BCUT2D eigenvalue weighted by atomic mass is 10.1. The minimum Gasteiger partial charge on any atom is -0.396 e. The highest BCUT2D eigenvalue weighted by atomic mass is 16.3. The Hall–Kier alpha value is -2.41. The molecule has 7 heteroatoms. The lowest BCUT2D eigenvalue weighted by Gasteiger charge is -2.31. The number of amides is 2. The van der Waals surface area contributed by atoms with E-state index in [2.05, 4.69) is 27.6 Å². The monoisotopic (exact) mass is 343 g/mol. The summed E-state index contributed by atoms with van der Waals surface area (Å²) in [6.07, 6.45) is 4.07. The van der Waals surface area contributed by atoms with Gasteiger partial charge in [0.2, 0.25) is 0 Å². The lowest BCUT2D eigenvalue weighted by molar-refractivity contribution is 0.162. The summed E-state index contributed by atoms with van der Waals surface area (Å²) in [5.41, 5.74) is 2.51. The van der Waals surface area contributed by atoms with E-state index < -0.39 is 0 Å². The Balaban J connectivity index is 1.76. The van der Waals surface area contributed by atoms with Crippen molar-refractivity contribution in [2.45, 2.75) is 38.3 Å². The number of carbonyl (C=O) groups is 1. The van der Waals surface area contributed by atoms with Gasteiger partial charge in [0.15, 0.2) is 5.82 Å². The van der Waals surface area contributed by atoms with Gasteiger partial charge in [-0.1, -0.05) is 24.3 Å². The molecule has 0 aliphatic heterocycles. The second-order valence-corrected chi connectivity index (χ2v) is 6.50. The van der Waals surface area contributed by atoms with E-state index in [1.165, 1.54) is 11.1 Å². The number of benzene rings is 1. The molecule has 1 aromatic carbocycles. The molecule has 2 unspecified atom stereocenters. The molecule has 0 bridgehead atoms. The van der Waals surface area contributed by atoms with Crippen molar-refractivity contribution in [3.05, 3.63) is 47.5 Å². The van der Waals surface area contributed by atoms with Crippen LogP contribution in [0.4, 0.5) is 4.79 Å². The van der Waals surface area contributed by atoms with Crippen molar-refractivity contribution in [1.82, 2.24) is 25.0 Å². The van der Waals surface area contributed by atoms with Gasteiger partial charge in [-0.15, -0.1) is 10.2 Å². The zero-order valence-electron chi connectivity index (χ0n) is 14.7. The number of aryl methyl sites for hydroxylation is 2. The van der Waals surface area contributed by atoms with E-state index in [9.17, 15) is 9.90 Å². The molecular formula is C18H25N5O2. The SMILES string of the molecule is CC(NC(=O)N(CCCO)C1CCc2ccccc21)c1nncn1C. The zero-order valence-corrected chi connectivity index (χ0v) is 14.7. The fourth-order valence-electron chi connectivity index (χ4n) is 3.52. The number of urea groups is 1. The summed E-state index contributed by atoms with van der Waals surface area (Å²) in [4.78, 5) is 14.8. The van der Waals surface area contributed by atoms with Crippen LogP contribution in [0.1, 0.15) is 48.8 Å². The van der Waals surface area contributed by atoms with Crippen molar-refractivity contribution >= 4 is 6.03 Å². The van der Waals surface area contributed by atoms with E-state index in [0.29, 0.717) is 18.8 Å². The molecule has 2 atom stereocenters. The third kappa shape index (κ3) is 3.66. The standard InChI is InChI=1S/C18H25N5O2/c1-13(17-21-19-12-22(17)2)20-18(25)23(10-5-11-24)16-9-8-14-6-3-4-7-15(14)16/h3-4,6-7,12-13,16,24H,5,8-11H2,1-2H3,(H,20,25). The summed E-state index contributed by atoms with van der Waals surface area (Å²) in [5, 5.41) is 20.2. The minimum atomic E-state index is -0.242. The minimum absolute atomic E-state index is 0.0504. The molecule has 25 heavy (non-hydrogen) atoms. The van der Waals surface area contributed by atoms with Crippen molar-refractivity contribution in [3.8, 4) is 0 Å².